The number of rotatable bonds is 5. The maximum Gasteiger partial charge on any atom is 0.223 e. The predicted octanol–water partition coefficient (Wildman–Crippen LogP) is 3.30. The Balaban J connectivity index is 1.38. The van der Waals surface area contributed by atoms with Crippen LogP contribution in [-0.4, -0.2) is 37.9 Å². The number of aromatic nitrogens is 3. The molecule has 0 aliphatic carbocycles. The van der Waals surface area contributed by atoms with Crippen LogP contribution in [0.15, 0.2) is 42.9 Å². The largest absolute Gasteiger partial charge is 0.361 e. The fraction of sp³-hybridized carbons (Fsp3) is 0.400. The monoisotopic (exact) mass is 336 g/mol. The number of aromatic amines is 1. The summed E-state index contributed by atoms with van der Waals surface area (Å²) in [6.45, 7) is 3.75. The molecule has 1 atom stereocenters. The highest BCUT2D eigenvalue weighted by Gasteiger charge is 2.28. The highest BCUT2D eigenvalue weighted by atomic mass is 16.2. The molecule has 1 fully saturated rings. The number of aryl methyl sites for hydroxylation is 2. The number of H-pyrrole nitrogens is 1. The van der Waals surface area contributed by atoms with Gasteiger partial charge in [0, 0.05) is 49.7 Å². The van der Waals surface area contributed by atoms with Gasteiger partial charge in [0.05, 0.1) is 0 Å². The van der Waals surface area contributed by atoms with Crippen molar-refractivity contribution in [1.29, 1.82) is 0 Å². The Morgan fingerprint density at radius 1 is 1.36 bits per heavy atom. The third-order valence-corrected chi connectivity index (χ3v) is 5.27. The molecular formula is C20H24N4O. The molecule has 0 radical (unpaired) electrons. The highest BCUT2D eigenvalue weighted by Crippen LogP contribution is 2.22. The van der Waals surface area contributed by atoms with E-state index in [1.807, 2.05) is 25.5 Å². The number of hydrogen-bond acceptors (Lipinski definition) is 2. The Labute approximate surface area is 147 Å². The Kier molecular flexibility index (Phi) is 4.30. The molecule has 130 valence electrons. The van der Waals surface area contributed by atoms with Crippen LogP contribution < -0.4 is 0 Å². The summed E-state index contributed by atoms with van der Waals surface area (Å²) < 4.78 is 2.15. The molecule has 3 heterocycles. The molecule has 1 aromatic carbocycles. The van der Waals surface area contributed by atoms with Gasteiger partial charge in [-0.2, -0.15) is 0 Å². The van der Waals surface area contributed by atoms with Gasteiger partial charge in [0.2, 0.25) is 5.91 Å². The van der Waals surface area contributed by atoms with Crippen molar-refractivity contribution in [2.24, 2.45) is 0 Å². The summed E-state index contributed by atoms with van der Waals surface area (Å²) in [5.74, 6) is 1.29. The molecule has 2 aromatic heterocycles. The van der Waals surface area contributed by atoms with Crippen LogP contribution in [0.3, 0.4) is 0 Å². The number of amides is 1. The molecular weight excluding hydrogens is 312 g/mol. The number of benzene rings is 1. The zero-order valence-electron chi connectivity index (χ0n) is 14.6. The van der Waals surface area contributed by atoms with E-state index in [1.165, 1.54) is 10.9 Å². The zero-order valence-corrected chi connectivity index (χ0v) is 14.6. The van der Waals surface area contributed by atoms with Crippen molar-refractivity contribution in [1.82, 2.24) is 19.4 Å². The average molecular weight is 336 g/mol. The first-order valence-corrected chi connectivity index (χ1v) is 9.04. The highest BCUT2D eigenvalue weighted by molar-refractivity contribution is 5.80. The lowest BCUT2D eigenvalue weighted by Gasteiger charge is -2.25. The van der Waals surface area contributed by atoms with E-state index in [0.717, 1.165) is 43.7 Å². The van der Waals surface area contributed by atoms with Gasteiger partial charge in [-0.05, 0) is 55.3 Å². The molecule has 0 bridgehead atoms. The van der Waals surface area contributed by atoms with Crippen LogP contribution in [-0.2, 0) is 17.8 Å². The Morgan fingerprint density at radius 2 is 2.28 bits per heavy atom. The van der Waals surface area contributed by atoms with Crippen molar-refractivity contribution in [2.45, 2.75) is 45.2 Å². The topological polar surface area (TPSA) is 53.9 Å². The smallest absolute Gasteiger partial charge is 0.223 e. The van der Waals surface area contributed by atoms with Crippen molar-refractivity contribution < 1.29 is 4.79 Å². The van der Waals surface area contributed by atoms with E-state index < -0.39 is 0 Å². The SMILES string of the molecule is Cc1nccn1CC1CCCN1C(=O)CCc1ccc2[nH]ccc2c1. The number of imidazole rings is 1. The molecule has 1 saturated heterocycles. The van der Waals surface area contributed by atoms with Crippen molar-refractivity contribution in [3.8, 4) is 0 Å². The van der Waals surface area contributed by atoms with E-state index in [0.29, 0.717) is 12.5 Å². The van der Waals surface area contributed by atoms with E-state index in [-0.39, 0.29) is 5.91 Å². The van der Waals surface area contributed by atoms with Gasteiger partial charge >= 0.3 is 0 Å². The molecule has 1 N–H and O–H groups in total. The number of carbonyl (C=O) groups is 1. The molecule has 4 rings (SSSR count). The molecule has 1 amide bonds. The number of nitrogens with one attached hydrogen (secondary N) is 1. The quantitative estimate of drug-likeness (QED) is 0.777. The Hall–Kier alpha value is -2.56. The van der Waals surface area contributed by atoms with Gasteiger partial charge in [0.1, 0.15) is 5.82 Å². The molecule has 25 heavy (non-hydrogen) atoms. The Bertz CT molecular complexity index is 879. The average Bonchev–Trinajstić information content (AvgIpc) is 3.34. The van der Waals surface area contributed by atoms with E-state index in [1.54, 1.807) is 0 Å². The maximum atomic E-state index is 12.8. The summed E-state index contributed by atoms with van der Waals surface area (Å²) in [5.41, 5.74) is 2.37. The standard InChI is InChI=1S/C20H24N4O/c1-15-21-10-12-23(15)14-18-3-2-11-24(18)20(25)7-5-16-4-6-19-17(13-16)8-9-22-19/h4,6,8-10,12-13,18,22H,2-3,5,7,11,14H2,1H3. The van der Waals surface area contributed by atoms with Gasteiger partial charge in [-0.15, -0.1) is 0 Å². The summed E-state index contributed by atoms with van der Waals surface area (Å²) in [6.07, 6.45) is 9.34. The van der Waals surface area contributed by atoms with Crippen LogP contribution in [0.5, 0.6) is 0 Å². The summed E-state index contributed by atoms with van der Waals surface area (Å²) in [4.78, 5) is 22.3. The molecule has 1 unspecified atom stereocenters. The van der Waals surface area contributed by atoms with Gasteiger partial charge in [-0.25, -0.2) is 4.98 Å². The van der Waals surface area contributed by atoms with Crippen LogP contribution in [0.2, 0.25) is 0 Å². The van der Waals surface area contributed by atoms with Gasteiger partial charge in [0.25, 0.3) is 0 Å². The van der Waals surface area contributed by atoms with E-state index in [9.17, 15) is 4.79 Å². The van der Waals surface area contributed by atoms with Gasteiger partial charge in [-0.1, -0.05) is 6.07 Å². The molecule has 0 spiro atoms. The van der Waals surface area contributed by atoms with Crippen LogP contribution in [0.25, 0.3) is 10.9 Å². The molecule has 1 aliphatic heterocycles. The normalized spacial score (nSPS) is 17.5. The second kappa shape index (κ2) is 6.75. The molecule has 0 saturated carbocycles. The van der Waals surface area contributed by atoms with Gasteiger partial charge < -0.3 is 14.5 Å². The van der Waals surface area contributed by atoms with Gasteiger partial charge in [-0.3, -0.25) is 4.79 Å². The van der Waals surface area contributed by atoms with Crippen molar-refractivity contribution in [2.75, 3.05) is 6.54 Å². The van der Waals surface area contributed by atoms with Crippen LogP contribution in [0.1, 0.15) is 30.7 Å². The minimum absolute atomic E-state index is 0.273. The second-order valence-electron chi connectivity index (χ2n) is 6.91. The minimum Gasteiger partial charge on any atom is -0.361 e. The van der Waals surface area contributed by atoms with Gasteiger partial charge in [0.15, 0.2) is 0 Å². The van der Waals surface area contributed by atoms with Crippen molar-refractivity contribution >= 4 is 16.8 Å². The number of nitrogens with zero attached hydrogens (tertiary/aromatic N) is 3. The molecule has 1 aliphatic rings. The zero-order chi connectivity index (χ0) is 17.2. The fourth-order valence-electron chi connectivity index (χ4n) is 3.83. The summed E-state index contributed by atoms with van der Waals surface area (Å²) in [6, 6.07) is 8.76. The third kappa shape index (κ3) is 3.31. The summed E-state index contributed by atoms with van der Waals surface area (Å²) in [7, 11) is 0. The predicted molar refractivity (Wildman–Crippen MR) is 98.3 cm³/mol. The fourth-order valence-corrected chi connectivity index (χ4v) is 3.83. The summed E-state index contributed by atoms with van der Waals surface area (Å²) in [5, 5.41) is 1.21. The number of hydrogen-bond donors (Lipinski definition) is 1. The first-order chi connectivity index (χ1) is 12.2. The third-order valence-electron chi connectivity index (χ3n) is 5.27. The lowest BCUT2D eigenvalue weighted by Crippen LogP contribution is -2.38. The molecule has 5 heteroatoms. The van der Waals surface area contributed by atoms with E-state index in [2.05, 4.69) is 43.7 Å². The van der Waals surface area contributed by atoms with Crippen LogP contribution in [0.4, 0.5) is 0 Å². The lowest BCUT2D eigenvalue weighted by atomic mass is 10.1. The Morgan fingerprint density at radius 3 is 3.12 bits per heavy atom. The van der Waals surface area contributed by atoms with Crippen LogP contribution in [0, 0.1) is 6.92 Å². The number of fused-ring (bicyclic) bond motifs is 1. The van der Waals surface area contributed by atoms with Crippen molar-refractivity contribution in [3.05, 3.63) is 54.2 Å². The number of likely N-dealkylation sites (tertiary alicyclic amines) is 1. The molecule has 3 aromatic rings. The first kappa shape index (κ1) is 15.9. The second-order valence-corrected chi connectivity index (χ2v) is 6.91. The number of carbonyl (C=O) groups excluding carboxylic acids is 1. The molecule has 5 nitrogen and oxygen atoms in total. The van der Waals surface area contributed by atoms with E-state index >= 15 is 0 Å². The lowest BCUT2D eigenvalue weighted by molar-refractivity contribution is -0.132. The maximum absolute atomic E-state index is 12.8. The minimum atomic E-state index is 0.273. The van der Waals surface area contributed by atoms with Crippen molar-refractivity contribution in [3.63, 3.8) is 0 Å². The summed E-state index contributed by atoms with van der Waals surface area (Å²) >= 11 is 0. The first-order valence-electron chi connectivity index (χ1n) is 9.04. The van der Waals surface area contributed by atoms with E-state index in [4.69, 9.17) is 0 Å². The van der Waals surface area contributed by atoms with Crippen LogP contribution >= 0.6 is 0 Å².